The molecule has 0 saturated carbocycles. The van der Waals surface area contributed by atoms with Crippen molar-refractivity contribution in [3.63, 3.8) is 0 Å². The van der Waals surface area contributed by atoms with Gasteiger partial charge in [-0.15, -0.1) is 0 Å². The average molecular weight is 340 g/mol. The molecular weight excluding hydrogens is 324 g/mol. The van der Waals surface area contributed by atoms with Gasteiger partial charge in [-0.1, -0.05) is 35.5 Å². The number of hydrogen-bond donors (Lipinski definition) is 2. The molecule has 2 aromatic heterocycles. The summed E-state index contributed by atoms with van der Waals surface area (Å²) < 4.78 is 9.94. The van der Waals surface area contributed by atoms with Gasteiger partial charge in [-0.25, -0.2) is 0 Å². The zero-order valence-corrected chi connectivity index (χ0v) is 13.6. The minimum absolute atomic E-state index is 0.0643. The number of nitrogens with one attached hydrogen (secondary N) is 2. The van der Waals surface area contributed by atoms with Gasteiger partial charge in [-0.05, 0) is 19.4 Å². The molecule has 0 aliphatic rings. The van der Waals surface area contributed by atoms with E-state index in [4.69, 9.17) is 8.94 Å². The van der Waals surface area contributed by atoms with Crippen LogP contribution in [-0.2, 0) is 0 Å². The molecule has 1 aromatic carbocycles. The number of amides is 2. The van der Waals surface area contributed by atoms with Crippen LogP contribution in [-0.4, -0.2) is 22.0 Å². The maximum absolute atomic E-state index is 12.2. The molecule has 2 N–H and O–H groups in total. The molecule has 0 spiro atoms. The van der Waals surface area contributed by atoms with E-state index in [1.165, 1.54) is 12.3 Å². The van der Waals surface area contributed by atoms with E-state index in [0.29, 0.717) is 5.76 Å². The van der Waals surface area contributed by atoms with Crippen LogP contribution in [0, 0.1) is 6.92 Å². The number of aryl methyl sites for hydroxylation is 1. The molecule has 8 nitrogen and oxygen atoms in total. The first kappa shape index (κ1) is 16.4. The number of nitrogens with zero attached hydrogens (tertiary/aromatic N) is 2. The van der Waals surface area contributed by atoms with Crippen LogP contribution in [0.3, 0.4) is 0 Å². The Morgan fingerprint density at radius 1 is 1.12 bits per heavy atom. The van der Waals surface area contributed by atoms with Crippen molar-refractivity contribution in [3.8, 4) is 0 Å². The number of oxazole rings is 1. The summed E-state index contributed by atoms with van der Waals surface area (Å²) in [5.74, 6) is -0.436. The van der Waals surface area contributed by atoms with Gasteiger partial charge in [0, 0.05) is 6.07 Å². The van der Waals surface area contributed by atoms with Crippen molar-refractivity contribution in [1.82, 2.24) is 15.5 Å². The van der Waals surface area contributed by atoms with Crippen LogP contribution in [0.2, 0.25) is 0 Å². The van der Waals surface area contributed by atoms with Crippen LogP contribution in [0.25, 0.3) is 0 Å². The number of aromatic nitrogens is 2. The summed E-state index contributed by atoms with van der Waals surface area (Å²) in [5, 5.41) is 8.82. The normalized spacial score (nSPS) is 11.8. The Morgan fingerprint density at radius 3 is 2.56 bits per heavy atom. The van der Waals surface area contributed by atoms with Gasteiger partial charge in [-0.3, -0.25) is 14.9 Å². The van der Waals surface area contributed by atoms with Crippen LogP contribution >= 0.6 is 0 Å². The van der Waals surface area contributed by atoms with Crippen LogP contribution in [0.1, 0.15) is 45.3 Å². The van der Waals surface area contributed by atoms with Crippen molar-refractivity contribution < 1.29 is 18.5 Å². The molecule has 0 radical (unpaired) electrons. The Morgan fingerprint density at radius 2 is 1.88 bits per heavy atom. The van der Waals surface area contributed by atoms with Crippen molar-refractivity contribution >= 4 is 17.8 Å². The van der Waals surface area contributed by atoms with E-state index in [-0.39, 0.29) is 23.4 Å². The van der Waals surface area contributed by atoms with E-state index < -0.39 is 11.8 Å². The Balaban J connectivity index is 1.62. The molecule has 8 heteroatoms. The van der Waals surface area contributed by atoms with E-state index in [1.807, 2.05) is 37.3 Å². The Bertz CT molecular complexity index is 885. The number of benzene rings is 1. The highest BCUT2D eigenvalue weighted by Crippen LogP contribution is 2.14. The summed E-state index contributed by atoms with van der Waals surface area (Å²) in [6.07, 6.45) is 1.18. The summed E-state index contributed by atoms with van der Waals surface area (Å²) >= 11 is 0. The third-order valence-corrected chi connectivity index (χ3v) is 3.47. The largest absolute Gasteiger partial charge is 0.431 e. The molecule has 3 aromatic rings. The maximum Gasteiger partial charge on any atom is 0.302 e. The summed E-state index contributed by atoms with van der Waals surface area (Å²) in [4.78, 5) is 28.1. The lowest BCUT2D eigenvalue weighted by atomic mass is 10.1. The monoisotopic (exact) mass is 340 g/mol. The Hall–Kier alpha value is -3.42. The van der Waals surface area contributed by atoms with Gasteiger partial charge < -0.3 is 14.3 Å². The minimum Gasteiger partial charge on any atom is -0.431 e. The second kappa shape index (κ2) is 7.00. The van der Waals surface area contributed by atoms with E-state index in [1.54, 1.807) is 6.92 Å². The standard InChI is InChI=1S/C17H16N4O4/c1-10-8-13(21-25-10)15(22)20-17-19-14(9-24-17)16(23)18-11(2)12-6-4-3-5-7-12/h3-9,11H,1-2H3,(H,18,23)(H,19,20,22). The lowest BCUT2D eigenvalue weighted by molar-refractivity contribution is 0.0933. The van der Waals surface area contributed by atoms with Gasteiger partial charge >= 0.3 is 6.01 Å². The summed E-state index contributed by atoms with van der Waals surface area (Å²) in [5.41, 5.74) is 1.13. The smallest absolute Gasteiger partial charge is 0.302 e. The number of rotatable bonds is 5. The predicted molar refractivity (Wildman–Crippen MR) is 88.0 cm³/mol. The lowest BCUT2D eigenvalue weighted by Crippen LogP contribution is -2.27. The van der Waals surface area contributed by atoms with E-state index in [9.17, 15) is 9.59 Å². The van der Waals surface area contributed by atoms with Gasteiger partial charge in [0.2, 0.25) is 0 Å². The Kier molecular flexibility index (Phi) is 4.60. The van der Waals surface area contributed by atoms with Crippen molar-refractivity contribution in [2.75, 3.05) is 5.32 Å². The molecule has 0 aliphatic carbocycles. The highest BCUT2D eigenvalue weighted by atomic mass is 16.5. The van der Waals surface area contributed by atoms with Crippen LogP contribution < -0.4 is 10.6 Å². The van der Waals surface area contributed by atoms with Crippen molar-refractivity contribution in [2.45, 2.75) is 19.9 Å². The first-order valence-corrected chi connectivity index (χ1v) is 7.59. The molecular formula is C17H16N4O4. The van der Waals surface area contributed by atoms with E-state index in [0.717, 1.165) is 5.56 Å². The molecule has 2 heterocycles. The molecule has 1 atom stereocenters. The first-order chi connectivity index (χ1) is 12.0. The predicted octanol–water partition coefficient (Wildman–Crippen LogP) is 2.71. The first-order valence-electron chi connectivity index (χ1n) is 7.59. The molecule has 3 rings (SSSR count). The van der Waals surface area contributed by atoms with Gasteiger partial charge in [-0.2, -0.15) is 4.98 Å². The molecule has 128 valence electrons. The van der Waals surface area contributed by atoms with Crippen molar-refractivity contribution in [2.24, 2.45) is 0 Å². The van der Waals surface area contributed by atoms with Gasteiger partial charge in [0.25, 0.3) is 11.8 Å². The van der Waals surface area contributed by atoms with Crippen LogP contribution in [0.5, 0.6) is 0 Å². The Labute approximate surface area is 143 Å². The molecule has 0 fully saturated rings. The number of carbonyl (C=O) groups is 2. The van der Waals surface area contributed by atoms with Crippen molar-refractivity contribution in [1.29, 1.82) is 0 Å². The van der Waals surface area contributed by atoms with Crippen LogP contribution in [0.4, 0.5) is 6.01 Å². The number of carbonyl (C=O) groups excluding carboxylic acids is 2. The molecule has 2 amide bonds. The fourth-order valence-corrected chi connectivity index (χ4v) is 2.17. The third kappa shape index (κ3) is 3.92. The summed E-state index contributed by atoms with van der Waals surface area (Å²) in [6, 6.07) is 10.7. The zero-order chi connectivity index (χ0) is 17.8. The highest BCUT2D eigenvalue weighted by Gasteiger charge is 2.18. The maximum atomic E-state index is 12.2. The lowest BCUT2D eigenvalue weighted by Gasteiger charge is -2.12. The highest BCUT2D eigenvalue weighted by molar-refractivity contribution is 6.02. The fourth-order valence-electron chi connectivity index (χ4n) is 2.17. The molecule has 0 aliphatic heterocycles. The second-order valence-electron chi connectivity index (χ2n) is 5.42. The van der Waals surface area contributed by atoms with Crippen LogP contribution in [0.15, 0.2) is 51.6 Å². The minimum atomic E-state index is -0.539. The molecule has 25 heavy (non-hydrogen) atoms. The molecule has 1 unspecified atom stereocenters. The summed E-state index contributed by atoms with van der Waals surface area (Å²) in [7, 11) is 0. The zero-order valence-electron chi connectivity index (χ0n) is 13.6. The molecule has 0 saturated heterocycles. The topological polar surface area (TPSA) is 110 Å². The third-order valence-electron chi connectivity index (χ3n) is 3.47. The summed E-state index contributed by atoms with van der Waals surface area (Å²) in [6.45, 7) is 3.54. The van der Waals surface area contributed by atoms with Gasteiger partial charge in [0.05, 0.1) is 6.04 Å². The second-order valence-corrected chi connectivity index (χ2v) is 5.42. The van der Waals surface area contributed by atoms with Gasteiger partial charge in [0.15, 0.2) is 11.4 Å². The molecule has 0 bridgehead atoms. The number of anilines is 1. The SMILES string of the molecule is Cc1cc(C(=O)Nc2nc(C(=O)NC(C)c3ccccc3)co2)no1. The van der Waals surface area contributed by atoms with E-state index in [2.05, 4.69) is 20.8 Å². The fraction of sp³-hybridized carbons (Fsp3) is 0.176. The van der Waals surface area contributed by atoms with Crippen molar-refractivity contribution in [3.05, 3.63) is 65.4 Å². The van der Waals surface area contributed by atoms with Gasteiger partial charge in [0.1, 0.15) is 12.0 Å². The average Bonchev–Trinajstić information content (AvgIpc) is 3.25. The van der Waals surface area contributed by atoms with E-state index >= 15 is 0 Å². The quantitative estimate of drug-likeness (QED) is 0.739. The number of hydrogen-bond acceptors (Lipinski definition) is 6.